The monoisotopic (exact) mass is 372 g/mol. The topological polar surface area (TPSA) is 129 Å². The van der Waals surface area contributed by atoms with Crippen LogP contribution >= 0.6 is 15.9 Å². The van der Waals surface area contributed by atoms with Gasteiger partial charge in [0.05, 0.1) is 5.69 Å². The molecule has 6 N–H and O–H groups in total. The zero-order valence-corrected chi connectivity index (χ0v) is 13.5. The summed E-state index contributed by atoms with van der Waals surface area (Å²) in [5.74, 6) is 0.359. The number of fused-ring (bicyclic) bond motifs is 1. The summed E-state index contributed by atoms with van der Waals surface area (Å²) < 4.78 is 6.73. The highest BCUT2D eigenvalue weighted by Crippen LogP contribution is 2.27. The first-order valence-corrected chi connectivity index (χ1v) is 7.41. The van der Waals surface area contributed by atoms with Crippen molar-refractivity contribution in [3.63, 3.8) is 0 Å². The maximum atomic E-state index is 5.74. The van der Waals surface area contributed by atoms with Crippen molar-refractivity contribution < 1.29 is 4.42 Å². The fourth-order valence-corrected chi connectivity index (χ4v) is 2.26. The van der Waals surface area contributed by atoms with Gasteiger partial charge in [0.2, 0.25) is 11.9 Å². The lowest BCUT2D eigenvalue weighted by Gasteiger charge is -1.95. The average Bonchev–Trinajstić information content (AvgIpc) is 2.90. The Morgan fingerprint density at radius 3 is 2.48 bits per heavy atom. The lowest BCUT2D eigenvalue weighted by molar-refractivity contribution is 0.620. The summed E-state index contributed by atoms with van der Waals surface area (Å²) in [5, 5.41) is 0. The average molecular weight is 373 g/mol. The van der Waals surface area contributed by atoms with Crippen LogP contribution in [0.4, 0.5) is 5.69 Å². The minimum absolute atomic E-state index is 0.0269. The number of nitrogens with two attached hydrogens (primary N) is 3. The molecule has 116 valence electrons. The molecule has 0 atom stereocenters. The normalized spacial score (nSPS) is 11.6. The Labute approximate surface area is 140 Å². The van der Waals surface area contributed by atoms with Gasteiger partial charge in [0.25, 0.3) is 0 Å². The van der Waals surface area contributed by atoms with Crippen molar-refractivity contribution in [2.24, 2.45) is 27.2 Å². The number of hydrogen-bond donors (Lipinski definition) is 3. The molecule has 0 aliphatic carbocycles. The van der Waals surface area contributed by atoms with Crippen LogP contribution in [0.5, 0.6) is 0 Å². The Morgan fingerprint density at radius 2 is 1.78 bits per heavy atom. The van der Waals surface area contributed by atoms with Crippen LogP contribution in [-0.4, -0.2) is 16.9 Å². The van der Waals surface area contributed by atoms with E-state index in [0.717, 1.165) is 10.0 Å². The van der Waals surface area contributed by atoms with Crippen molar-refractivity contribution in [2.45, 2.75) is 0 Å². The van der Waals surface area contributed by atoms with Crippen LogP contribution in [0.15, 0.2) is 61.3 Å². The number of hydrogen-bond acceptors (Lipinski definition) is 3. The van der Waals surface area contributed by atoms with E-state index in [-0.39, 0.29) is 11.9 Å². The molecule has 0 saturated carbocycles. The summed E-state index contributed by atoms with van der Waals surface area (Å²) in [7, 11) is 0. The van der Waals surface area contributed by atoms with Crippen LogP contribution in [0, 0.1) is 0 Å². The Balaban J connectivity index is 1.98. The van der Waals surface area contributed by atoms with E-state index in [9.17, 15) is 0 Å². The van der Waals surface area contributed by atoms with Gasteiger partial charge in [-0.2, -0.15) is 4.99 Å². The van der Waals surface area contributed by atoms with Gasteiger partial charge < -0.3 is 21.6 Å². The van der Waals surface area contributed by atoms with E-state index in [2.05, 4.69) is 30.9 Å². The first kappa shape index (κ1) is 15.0. The summed E-state index contributed by atoms with van der Waals surface area (Å²) in [5.41, 5.74) is 18.9. The van der Waals surface area contributed by atoms with Crippen molar-refractivity contribution in [1.82, 2.24) is 4.98 Å². The number of guanidine groups is 2. The fourth-order valence-electron chi connectivity index (χ4n) is 1.99. The van der Waals surface area contributed by atoms with Gasteiger partial charge in [0.15, 0.2) is 11.5 Å². The van der Waals surface area contributed by atoms with E-state index in [1.165, 1.54) is 0 Å². The van der Waals surface area contributed by atoms with Crippen molar-refractivity contribution in [3.8, 4) is 11.5 Å². The Morgan fingerprint density at radius 1 is 1.04 bits per heavy atom. The second kappa shape index (κ2) is 6.09. The summed E-state index contributed by atoms with van der Waals surface area (Å²) in [4.78, 5) is 12.2. The van der Waals surface area contributed by atoms with Crippen LogP contribution in [-0.2, 0) is 0 Å². The third-order valence-electron chi connectivity index (χ3n) is 2.95. The first-order chi connectivity index (χ1) is 11.0. The minimum atomic E-state index is -0.147. The molecule has 0 radical (unpaired) electrons. The summed E-state index contributed by atoms with van der Waals surface area (Å²) in [6.07, 6.45) is 0. The summed E-state index contributed by atoms with van der Waals surface area (Å²) in [6.45, 7) is 0. The Hall–Kier alpha value is -2.87. The lowest BCUT2D eigenvalue weighted by atomic mass is 10.2. The molecule has 8 heteroatoms. The summed E-state index contributed by atoms with van der Waals surface area (Å²) in [6, 6.07) is 13.0. The van der Waals surface area contributed by atoms with E-state index in [0.29, 0.717) is 22.7 Å². The van der Waals surface area contributed by atoms with E-state index >= 15 is 0 Å². The number of benzene rings is 2. The van der Waals surface area contributed by atoms with Gasteiger partial charge >= 0.3 is 0 Å². The number of nitrogens with zero attached hydrogens (tertiary/aromatic N) is 3. The lowest BCUT2D eigenvalue weighted by Crippen LogP contribution is -2.26. The molecule has 0 bridgehead atoms. The molecule has 7 nitrogen and oxygen atoms in total. The molecule has 0 amide bonds. The molecule has 3 aromatic rings. The smallest absolute Gasteiger partial charge is 0.227 e. The zero-order chi connectivity index (χ0) is 16.4. The van der Waals surface area contributed by atoms with Crippen LogP contribution in [0.25, 0.3) is 22.6 Å². The predicted molar refractivity (Wildman–Crippen MR) is 94.2 cm³/mol. The van der Waals surface area contributed by atoms with Gasteiger partial charge in [0, 0.05) is 10.0 Å². The number of oxazole rings is 1. The largest absolute Gasteiger partial charge is 0.436 e. The van der Waals surface area contributed by atoms with Crippen LogP contribution in [0.3, 0.4) is 0 Å². The first-order valence-electron chi connectivity index (χ1n) is 6.61. The van der Waals surface area contributed by atoms with E-state index in [1.807, 2.05) is 24.3 Å². The van der Waals surface area contributed by atoms with Gasteiger partial charge in [-0.15, -0.1) is 0 Å². The van der Waals surface area contributed by atoms with E-state index in [1.54, 1.807) is 18.2 Å². The minimum Gasteiger partial charge on any atom is -0.436 e. The molecule has 0 fully saturated rings. The maximum absolute atomic E-state index is 5.74. The molecular weight excluding hydrogens is 360 g/mol. The highest BCUT2D eigenvalue weighted by Gasteiger charge is 2.08. The molecule has 23 heavy (non-hydrogen) atoms. The zero-order valence-electron chi connectivity index (χ0n) is 11.9. The molecule has 0 unspecified atom stereocenters. The number of aromatic nitrogens is 1. The van der Waals surface area contributed by atoms with Gasteiger partial charge in [0.1, 0.15) is 5.52 Å². The van der Waals surface area contributed by atoms with E-state index in [4.69, 9.17) is 21.6 Å². The molecule has 0 saturated heterocycles. The number of halogens is 1. The van der Waals surface area contributed by atoms with Crippen molar-refractivity contribution in [2.75, 3.05) is 0 Å². The van der Waals surface area contributed by atoms with Crippen molar-refractivity contribution in [3.05, 3.63) is 46.9 Å². The molecule has 2 aromatic carbocycles. The highest BCUT2D eigenvalue weighted by atomic mass is 79.9. The second-order valence-corrected chi connectivity index (χ2v) is 5.60. The highest BCUT2D eigenvalue weighted by molar-refractivity contribution is 9.10. The molecule has 0 aliphatic heterocycles. The Kier molecular flexibility index (Phi) is 3.98. The molecule has 0 spiro atoms. The Bertz CT molecular complexity index is 909. The van der Waals surface area contributed by atoms with Crippen LogP contribution < -0.4 is 17.2 Å². The molecule has 3 rings (SSSR count). The SMILES string of the molecule is NC(N)=NC(N)=Nc1ccc2oc(-c3ccc(Br)cc3)nc2c1. The summed E-state index contributed by atoms with van der Waals surface area (Å²) >= 11 is 3.40. The molecule has 0 aliphatic rings. The van der Waals surface area contributed by atoms with Gasteiger partial charge in [-0.3, -0.25) is 0 Å². The fraction of sp³-hybridized carbons (Fsp3) is 0. The van der Waals surface area contributed by atoms with Crippen molar-refractivity contribution in [1.29, 1.82) is 0 Å². The van der Waals surface area contributed by atoms with E-state index < -0.39 is 0 Å². The third-order valence-corrected chi connectivity index (χ3v) is 3.48. The van der Waals surface area contributed by atoms with Gasteiger partial charge in [-0.25, -0.2) is 9.98 Å². The van der Waals surface area contributed by atoms with Crippen LogP contribution in [0.2, 0.25) is 0 Å². The van der Waals surface area contributed by atoms with Crippen molar-refractivity contribution >= 4 is 44.6 Å². The number of rotatable bonds is 2. The van der Waals surface area contributed by atoms with Crippen LogP contribution in [0.1, 0.15) is 0 Å². The molecular formula is C15H13BrN6O. The molecule has 1 heterocycles. The molecule has 1 aromatic heterocycles. The van der Waals surface area contributed by atoms with Gasteiger partial charge in [-0.05, 0) is 42.5 Å². The maximum Gasteiger partial charge on any atom is 0.227 e. The van der Waals surface area contributed by atoms with Gasteiger partial charge in [-0.1, -0.05) is 15.9 Å². The second-order valence-electron chi connectivity index (χ2n) is 4.68. The standard InChI is InChI=1S/C15H13BrN6O/c16-9-3-1-8(2-4-9)13-21-11-7-10(5-6-12(11)23-13)20-15(19)22-14(17)18/h1-7H,(H6,17,18,19,20,22). The third kappa shape index (κ3) is 3.49. The quantitative estimate of drug-likeness (QED) is 0.469. The number of aliphatic imine (C=N–C) groups is 2. The predicted octanol–water partition coefficient (Wildman–Crippen LogP) is 2.48.